The highest BCUT2D eigenvalue weighted by Crippen LogP contribution is 2.27. The predicted molar refractivity (Wildman–Crippen MR) is 96.7 cm³/mol. The monoisotopic (exact) mass is 354 g/mol. The molecule has 2 fully saturated rings. The fourth-order valence-corrected chi connectivity index (χ4v) is 3.37. The normalized spacial score (nSPS) is 26.0. The van der Waals surface area contributed by atoms with E-state index in [-0.39, 0.29) is 30.5 Å². The molecular weight excluding hydrogens is 328 g/mol. The van der Waals surface area contributed by atoms with E-state index in [0.717, 1.165) is 50.1 Å². The van der Waals surface area contributed by atoms with Gasteiger partial charge in [-0.3, -0.25) is 4.79 Å². The molecule has 24 heavy (non-hydrogen) atoms. The Morgan fingerprint density at radius 3 is 2.62 bits per heavy atom. The summed E-state index contributed by atoms with van der Waals surface area (Å²) in [6.07, 6.45) is 6.14. The molecule has 1 aliphatic heterocycles. The van der Waals surface area contributed by atoms with E-state index in [1.807, 2.05) is 24.3 Å². The van der Waals surface area contributed by atoms with Crippen LogP contribution < -0.4 is 15.8 Å². The summed E-state index contributed by atoms with van der Waals surface area (Å²) in [6.45, 7) is 1.43. The third-order valence-corrected chi connectivity index (χ3v) is 4.76. The lowest BCUT2D eigenvalue weighted by atomic mass is 10.00. The van der Waals surface area contributed by atoms with E-state index in [0.29, 0.717) is 18.9 Å². The van der Waals surface area contributed by atoms with Gasteiger partial charge in [0.25, 0.3) is 0 Å². The number of amides is 1. The number of benzene rings is 1. The van der Waals surface area contributed by atoms with E-state index in [2.05, 4.69) is 5.32 Å². The van der Waals surface area contributed by atoms with E-state index >= 15 is 0 Å². The average Bonchev–Trinajstić information content (AvgIpc) is 3.19. The molecule has 3 N–H and O–H groups in total. The number of hydrogen-bond donors (Lipinski definition) is 2. The van der Waals surface area contributed by atoms with Gasteiger partial charge in [-0.05, 0) is 55.9 Å². The van der Waals surface area contributed by atoms with Gasteiger partial charge in [-0.15, -0.1) is 12.4 Å². The molecule has 1 amide bonds. The smallest absolute Gasteiger partial charge is 0.224 e. The van der Waals surface area contributed by atoms with Crippen molar-refractivity contribution < 1.29 is 14.3 Å². The first-order valence-corrected chi connectivity index (χ1v) is 8.60. The van der Waals surface area contributed by atoms with Gasteiger partial charge in [-0.2, -0.15) is 0 Å². The number of anilines is 1. The van der Waals surface area contributed by atoms with Crippen molar-refractivity contribution in [2.45, 2.75) is 50.7 Å². The van der Waals surface area contributed by atoms with Gasteiger partial charge in [0.2, 0.25) is 5.91 Å². The Hall–Kier alpha value is -1.30. The molecule has 1 aromatic carbocycles. The van der Waals surface area contributed by atoms with Crippen LogP contribution in [0.3, 0.4) is 0 Å². The molecule has 134 valence electrons. The lowest BCUT2D eigenvalue weighted by Gasteiger charge is -2.15. The summed E-state index contributed by atoms with van der Waals surface area (Å²) >= 11 is 0. The molecule has 2 aliphatic rings. The zero-order valence-electron chi connectivity index (χ0n) is 13.9. The molecule has 1 aromatic rings. The Bertz CT molecular complexity index is 518. The average molecular weight is 355 g/mol. The molecule has 0 bridgehead atoms. The van der Waals surface area contributed by atoms with E-state index in [4.69, 9.17) is 15.2 Å². The second-order valence-electron chi connectivity index (χ2n) is 6.58. The van der Waals surface area contributed by atoms with Crippen LogP contribution in [0.25, 0.3) is 0 Å². The maximum atomic E-state index is 12.1. The van der Waals surface area contributed by atoms with Crippen LogP contribution in [-0.4, -0.2) is 31.3 Å². The molecule has 3 atom stereocenters. The Morgan fingerprint density at radius 2 is 2.00 bits per heavy atom. The van der Waals surface area contributed by atoms with Gasteiger partial charge >= 0.3 is 0 Å². The van der Waals surface area contributed by atoms with Crippen molar-refractivity contribution in [3.8, 4) is 5.75 Å². The summed E-state index contributed by atoms with van der Waals surface area (Å²) in [6, 6.07) is 7.68. The number of rotatable bonds is 6. The number of hydrogen-bond acceptors (Lipinski definition) is 4. The summed E-state index contributed by atoms with van der Waals surface area (Å²) in [5.74, 6) is 1.17. The highest BCUT2D eigenvalue weighted by molar-refractivity contribution is 5.90. The third kappa shape index (κ3) is 5.36. The maximum absolute atomic E-state index is 12.1. The molecule has 0 radical (unpaired) electrons. The zero-order chi connectivity index (χ0) is 16.1. The highest BCUT2D eigenvalue weighted by Gasteiger charge is 2.26. The number of carbonyl (C=O) groups is 1. The molecule has 6 heteroatoms. The van der Waals surface area contributed by atoms with Crippen molar-refractivity contribution in [1.29, 1.82) is 0 Å². The second kappa shape index (κ2) is 9.25. The molecule has 1 saturated carbocycles. The van der Waals surface area contributed by atoms with Gasteiger partial charge in [0.1, 0.15) is 12.4 Å². The molecule has 3 rings (SSSR count). The van der Waals surface area contributed by atoms with Crippen LogP contribution in [0.2, 0.25) is 0 Å². The summed E-state index contributed by atoms with van der Waals surface area (Å²) in [5.41, 5.74) is 6.82. The van der Waals surface area contributed by atoms with Gasteiger partial charge in [0, 0.05) is 24.8 Å². The summed E-state index contributed by atoms with van der Waals surface area (Å²) in [7, 11) is 0. The molecule has 1 unspecified atom stereocenters. The zero-order valence-corrected chi connectivity index (χ0v) is 14.7. The molecule has 1 saturated heterocycles. The van der Waals surface area contributed by atoms with Gasteiger partial charge in [0.15, 0.2) is 0 Å². The van der Waals surface area contributed by atoms with E-state index in [9.17, 15) is 4.79 Å². The van der Waals surface area contributed by atoms with Gasteiger partial charge in [-0.1, -0.05) is 6.42 Å². The van der Waals surface area contributed by atoms with Crippen molar-refractivity contribution in [2.24, 2.45) is 11.7 Å². The molecule has 1 heterocycles. The quantitative estimate of drug-likeness (QED) is 0.823. The first-order valence-electron chi connectivity index (χ1n) is 8.60. The van der Waals surface area contributed by atoms with Crippen molar-refractivity contribution >= 4 is 24.0 Å². The lowest BCUT2D eigenvalue weighted by Crippen LogP contribution is -2.28. The van der Waals surface area contributed by atoms with Crippen LogP contribution in [0, 0.1) is 5.92 Å². The number of ether oxygens (including phenoxy) is 2. The van der Waals surface area contributed by atoms with Crippen LogP contribution in [0.4, 0.5) is 5.69 Å². The first kappa shape index (κ1) is 19.0. The van der Waals surface area contributed by atoms with Crippen LogP contribution in [0.1, 0.15) is 38.5 Å². The lowest BCUT2D eigenvalue weighted by molar-refractivity contribution is -0.117. The second-order valence-corrected chi connectivity index (χ2v) is 6.58. The Kier molecular flexibility index (Phi) is 7.34. The topological polar surface area (TPSA) is 73.6 Å². The van der Waals surface area contributed by atoms with Crippen molar-refractivity contribution in [1.82, 2.24) is 0 Å². The number of nitrogens with two attached hydrogens (primary N) is 1. The van der Waals surface area contributed by atoms with E-state index in [1.54, 1.807) is 0 Å². The van der Waals surface area contributed by atoms with Crippen LogP contribution >= 0.6 is 12.4 Å². The highest BCUT2D eigenvalue weighted by atomic mass is 35.5. The van der Waals surface area contributed by atoms with Crippen LogP contribution in [0.5, 0.6) is 5.75 Å². The molecule has 0 aromatic heterocycles. The Labute approximate surface area is 149 Å². The van der Waals surface area contributed by atoms with Crippen molar-refractivity contribution in [3.63, 3.8) is 0 Å². The minimum atomic E-state index is 0. The molecular formula is C18H27ClN2O3. The summed E-state index contributed by atoms with van der Waals surface area (Å²) in [4.78, 5) is 12.1. The fourth-order valence-electron chi connectivity index (χ4n) is 3.37. The maximum Gasteiger partial charge on any atom is 0.224 e. The summed E-state index contributed by atoms with van der Waals surface area (Å²) in [5, 5.41) is 2.94. The Morgan fingerprint density at radius 1 is 1.21 bits per heavy atom. The predicted octanol–water partition coefficient (Wildman–Crippen LogP) is 3.12. The largest absolute Gasteiger partial charge is 0.491 e. The minimum Gasteiger partial charge on any atom is -0.491 e. The number of carbonyl (C=O) groups excluding carboxylic acids is 1. The van der Waals surface area contributed by atoms with Crippen LogP contribution in [0.15, 0.2) is 24.3 Å². The fraction of sp³-hybridized carbons (Fsp3) is 0.611. The van der Waals surface area contributed by atoms with Crippen LogP contribution in [-0.2, 0) is 9.53 Å². The summed E-state index contributed by atoms with van der Waals surface area (Å²) < 4.78 is 11.2. The van der Waals surface area contributed by atoms with Gasteiger partial charge < -0.3 is 20.5 Å². The van der Waals surface area contributed by atoms with E-state index < -0.39 is 0 Å². The SMILES string of the molecule is Cl.N[C@@H]1CCC[C@H]1CC(=O)Nc1ccc(OCC2CCCO2)cc1. The molecule has 5 nitrogen and oxygen atoms in total. The van der Waals surface area contributed by atoms with Gasteiger partial charge in [0.05, 0.1) is 6.10 Å². The standard InChI is InChI=1S/C18H26N2O3.ClH/c19-17-5-1-3-13(17)11-18(21)20-14-6-8-15(9-7-14)23-12-16-4-2-10-22-16;/h6-9,13,16-17H,1-5,10-12,19H2,(H,20,21);1H/t13-,16?,17+;/m0./s1. The number of halogens is 1. The molecule has 1 aliphatic carbocycles. The first-order chi connectivity index (χ1) is 11.2. The minimum absolute atomic E-state index is 0. The van der Waals surface area contributed by atoms with Crippen molar-refractivity contribution in [3.05, 3.63) is 24.3 Å². The molecule has 0 spiro atoms. The van der Waals surface area contributed by atoms with E-state index in [1.165, 1.54) is 0 Å². The number of nitrogens with one attached hydrogen (secondary N) is 1. The van der Waals surface area contributed by atoms with Crippen molar-refractivity contribution in [2.75, 3.05) is 18.5 Å². The van der Waals surface area contributed by atoms with Gasteiger partial charge in [-0.25, -0.2) is 0 Å². The Balaban J connectivity index is 0.00000208. The third-order valence-electron chi connectivity index (χ3n) is 4.76.